The molecule has 0 aliphatic heterocycles. The number of nitrogens with zero attached hydrogens (tertiary/aromatic N) is 3. The van der Waals surface area contributed by atoms with Gasteiger partial charge in [0.15, 0.2) is 11.5 Å². The number of aromatic nitrogens is 3. The molecule has 0 saturated carbocycles. The Kier molecular flexibility index (Phi) is 4.12. The molecule has 3 aromatic heterocycles. The number of anilines is 1. The summed E-state index contributed by atoms with van der Waals surface area (Å²) < 4.78 is 2.14. The van der Waals surface area contributed by atoms with Crippen molar-refractivity contribution in [1.29, 1.82) is 0 Å². The zero-order valence-electron chi connectivity index (χ0n) is 13.9. The number of imidazole rings is 1. The van der Waals surface area contributed by atoms with Crippen molar-refractivity contribution >= 4 is 33.1 Å². The third kappa shape index (κ3) is 2.76. The normalized spacial score (nSPS) is 11.5. The van der Waals surface area contributed by atoms with Crippen molar-refractivity contribution in [2.45, 2.75) is 13.5 Å². The Labute approximate surface area is 149 Å². The lowest BCUT2D eigenvalue weighted by Crippen LogP contribution is -2.14. The van der Waals surface area contributed by atoms with E-state index >= 15 is 0 Å². The van der Waals surface area contributed by atoms with Crippen LogP contribution in [0.2, 0.25) is 0 Å². The van der Waals surface area contributed by atoms with E-state index < -0.39 is 0 Å². The number of fused-ring (bicyclic) bond motifs is 3. The van der Waals surface area contributed by atoms with E-state index in [1.807, 2.05) is 37.4 Å². The molecule has 0 aliphatic carbocycles. The van der Waals surface area contributed by atoms with E-state index in [1.54, 1.807) is 11.3 Å². The predicted molar refractivity (Wildman–Crippen MR) is 102 cm³/mol. The Balaban J connectivity index is 1.89. The lowest BCUT2D eigenvalue weighted by molar-refractivity contribution is 0.282. The minimum Gasteiger partial charge on any atom is -0.392 e. The number of rotatable bonds is 5. The zero-order chi connectivity index (χ0) is 17.4. The second-order valence-corrected chi connectivity index (χ2v) is 6.92. The quantitative estimate of drug-likeness (QED) is 0.513. The Hall–Kier alpha value is -2.48. The van der Waals surface area contributed by atoms with E-state index in [-0.39, 0.29) is 6.61 Å². The van der Waals surface area contributed by atoms with Gasteiger partial charge in [0.2, 0.25) is 0 Å². The van der Waals surface area contributed by atoms with Crippen LogP contribution in [0.5, 0.6) is 0 Å². The first-order valence-electron chi connectivity index (χ1n) is 8.13. The highest BCUT2D eigenvalue weighted by atomic mass is 32.1. The number of nitrogens with one attached hydrogen (secondary N) is 1. The molecule has 0 fully saturated rings. The Morgan fingerprint density at radius 2 is 2.08 bits per heavy atom. The number of thiophene rings is 1. The summed E-state index contributed by atoms with van der Waals surface area (Å²) in [5, 5.41) is 12.5. The minimum atomic E-state index is 0.0548. The van der Waals surface area contributed by atoms with Crippen molar-refractivity contribution < 1.29 is 5.11 Å². The highest BCUT2D eigenvalue weighted by molar-refractivity contribution is 7.21. The van der Waals surface area contributed by atoms with Crippen molar-refractivity contribution in [2.24, 2.45) is 5.73 Å². The molecular weight excluding hydrogens is 334 g/mol. The van der Waals surface area contributed by atoms with E-state index in [0.29, 0.717) is 13.1 Å². The van der Waals surface area contributed by atoms with Crippen LogP contribution in [0.4, 0.5) is 5.82 Å². The Morgan fingerprint density at radius 1 is 1.28 bits per heavy atom. The van der Waals surface area contributed by atoms with Gasteiger partial charge in [-0.15, -0.1) is 11.3 Å². The van der Waals surface area contributed by atoms with Crippen LogP contribution in [0, 0.1) is 6.92 Å². The highest BCUT2D eigenvalue weighted by Crippen LogP contribution is 2.35. The maximum atomic E-state index is 9.21. The van der Waals surface area contributed by atoms with Crippen molar-refractivity contribution in [2.75, 3.05) is 18.4 Å². The summed E-state index contributed by atoms with van der Waals surface area (Å²) in [6.07, 6.45) is 1.86. The van der Waals surface area contributed by atoms with Gasteiger partial charge < -0.3 is 16.2 Å². The average Bonchev–Trinajstić information content (AvgIpc) is 3.23. The molecular formula is C18H19N5OS. The van der Waals surface area contributed by atoms with Crippen LogP contribution in [0.1, 0.15) is 11.3 Å². The summed E-state index contributed by atoms with van der Waals surface area (Å²) in [6, 6.07) is 10.0. The molecule has 0 amide bonds. The van der Waals surface area contributed by atoms with Gasteiger partial charge in [0.25, 0.3) is 0 Å². The van der Waals surface area contributed by atoms with Crippen molar-refractivity contribution in [3.63, 3.8) is 0 Å². The van der Waals surface area contributed by atoms with Gasteiger partial charge in [-0.05, 0) is 24.1 Å². The molecule has 1 aromatic carbocycles. The molecule has 0 aliphatic rings. The van der Waals surface area contributed by atoms with Gasteiger partial charge >= 0.3 is 0 Å². The molecule has 7 heteroatoms. The van der Waals surface area contributed by atoms with Crippen LogP contribution in [-0.4, -0.2) is 32.6 Å². The summed E-state index contributed by atoms with van der Waals surface area (Å²) in [5.41, 5.74) is 10.5. The lowest BCUT2D eigenvalue weighted by Gasteiger charge is -2.07. The van der Waals surface area contributed by atoms with Gasteiger partial charge in [-0.2, -0.15) is 0 Å². The molecule has 0 bridgehead atoms. The van der Waals surface area contributed by atoms with Gasteiger partial charge in [-0.3, -0.25) is 4.40 Å². The van der Waals surface area contributed by atoms with Crippen LogP contribution in [0.25, 0.3) is 26.4 Å². The van der Waals surface area contributed by atoms with Crippen LogP contribution in [0.3, 0.4) is 0 Å². The SMILES string of the molecule is Cc1cnc2c(NCCN)nc3cc(-c4ccc(CO)cc4)sc3n12. The second kappa shape index (κ2) is 6.44. The van der Waals surface area contributed by atoms with E-state index in [2.05, 4.69) is 20.8 Å². The van der Waals surface area contributed by atoms with E-state index in [0.717, 1.165) is 43.5 Å². The first-order chi connectivity index (χ1) is 12.2. The van der Waals surface area contributed by atoms with Gasteiger partial charge in [0.1, 0.15) is 10.3 Å². The second-order valence-electron chi connectivity index (χ2n) is 5.89. The Morgan fingerprint density at radius 3 is 2.80 bits per heavy atom. The molecule has 0 saturated heterocycles. The smallest absolute Gasteiger partial charge is 0.181 e. The maximum Gasteiger partial charge on any atom is 0.181 e. The van der Waals surface area contributed by atoms with Gasteiger partial charge in [0, 0.05) is 29.9 Å². The van der Waals surface area contributed by atoms with E-state index in [4.69, 9.17) is 10.7 Å². The fourth-order valence-corrected chi connectivity index (χ4v) is 4.03. The minimum absolute atomic E-state index is 0.0548. The summed E-state index contributed by atoms with van der Waals surface area (Å²) >= 11 is 1.69. The highest BCUT2D eigenvalue weighted by Gasteiger charge is 2.15. The number of aryl methyl sites for hydroxylation is 1. The molecule has 4 aromatic rings. The number of hydrogen-bond acceptors (Lipinski definition) is 6. The van der Waals surface area contributed by atoms with Crippen molar-refractivity contribution in [3.05, 3.63) is 47.8 Å². The first-order valence-corrected chi connectivity index (χ1v) is 8.94. The van der Waals surface area contributed by atoms with Crippen LogP contribution in [-0.2, 0) is 6.61 Å². The lowest BCUT2D eigenvalue weighted by atomic mass is 10.1. The number of aliphatic hydroxyl groups is 1. The number of aliphatic hydroxyl groups excluding tert-OH is 1. The summed E-state index contributed by atoms with van der Waals surface area (Å²) in [7, 11) is 0. The zero-order valence-corrected chi connectivity index (χ0v) is 14.7. The third-order valence-electron chi connectivity index (χ3n) is 4.14. The molecule has 0 spiro atoms. The molecule has 0 atom stereocenters. The predicted octanol–water partition coefficient (Wildman–Crippen LogP) is 2.78. The molecule has 0 radical (unpaired) electrons. The summed E-state index contributed by atoms with van der Waals surface area (Å²) in [5.74, 6) is 0.756. The van der Waals surface area contributed by atoms with Crippen molar-refractivity contribution in [1.82, 2.24) is 14.4 Å². The number of benzene rings is 1. The van der Waals surface area contributed by atoms with Gasteiger partial charge in [-0.1, -0.05) is 24.3 Å². The van der Waals surface area contributed by atoms with Crippen LogP contribution < -0.4 is 11.1 Å². The average molecular weight is 353 g/mol. The van der Waals surface area contributed by atoms with E-state index in [9.17, 15) is 5.11 Å². The van der Waals surface area contributed by atoms with E-state index in [1.165, 1.54) is 0 Å². The Bertz CT molecular complexity index is 1040. The third-order valence-corrected chi connectivity index (χ3v) is 5.30. The maximum absolute atomic E-state index is 9.21. The fourth-order valence-electron chi connectivity index (χ4n) is 2.87. The molecule has 128 valence electrons. The summed E-state index contributed by atoms with van der Waals surface area (Å²) in [4.78, 5) is 11.5. The first kappa shape index (κ1) is 16.0. The molecule has 4 rings (SSSR count). The molecule has 25 heavy (non-hydrogen) atoms. The monoisotopic (exact) mass is 353 g/mol. The number of hydrogen-bond donors (Lipinski definition) is 3. The largest absolute Gasteiger partial charge is 0.392 e. The molecule has 6 nitrogen and oxygen atoms in total. The van der Waals surface area contributed by atoms with Gasteiger partial charge in [-0.25, -0.2) is 9.97 Å². The van der Waals surface area contributed by atoms with Crippen LogP contribution in [0.15, 0.2) is 36.5 Å². The summed E-state index contributed by atoms with van der Waals surface area (Å²) in [6.45, 7) is 3.29. The van der Waals surface area contributed by atoms with Gasteiger partial charge in [0.05, 0.1) is 6.61 Å². The molecule has 3 heterocycles. The standard InChI is InChI=1S/C18H19N5OS/c1-11-9-21-17-16(20-7-6-19)22-14-8-15(25-18(14)23(11)17)13-4-2-12(10-24)3-5-13/h2-5,8-9,24H,6-7,10,19H2,1H3,(H,20,22). The topological polar surface area (TPSA) is 88.5 Å². The molecule has 0 unspecified atom stereocenters. The van der Waals surface area contributed by atoms with Crippen molar-refractivity contribution in [3.8, 4) is 10.4 Å². The molecule has 4 N–H and O–H groups in total. The van der Waals surface area contributed by atoms with Crippen LogP contribution >= 0.6 is 11.3 Å². The fraction of sp³-hybridized carbons (Fsp3) is 0.222. The number of nitrogens with two attached hydrogens (primary N) is 1.